The normalized spacial score (nSPS) is 10.6. The van der Waals surface area contributed by atoms with Crippen molar-refractivity contribution in [3.63, 3.8) is 0 Å². The number of aryl methyl sites for hydroxylation is 1. The maximum atomic E-state index is 10.7. The number of hydrogen-bond donors (Lipinski definition) is 1. The molecule has 0 saturated carbocycles. The molecule has 2 aromatic rings. The highest BCUT2D eigenvalue weighted by molar-refractivity contribution is 5.24. The van der Waals surface area contributed by atoms with Crippen LogP contribution >= 0.6 is 0 Å². The van der Waals surface area contributed by atoms with Gasteiger partial charge in [0.05, 0.1) is 0 Å². The van der Waals surface area contributed by atoms with Crippen molar-refractivity contribution < 1.29 is 0 Å². The monoisotopic (exact) mass is 150 g/mol. The summed E-state index contributed by atoms with van der Waals surface area (Å²) >= 11 is 0. The van der Waals surface area contributed by atoms with E-state index in [0.29, 0.717) is 5.78 Å². The first-order chi connectivity index (χ1) is 5.25. The number of aromatic nitrogens is 4. The van der Waals surface area contributed by atoms with Crippen molar-refractivity contribution >= 4 is 5.78 Å². The van der Waals surface area contributed by atoms with E-state index in [9.17, 15) is 4.79 Å². The number of H-pyrrole nitrogens is 1. The predicted octanol–water partition coefficient (Wildman–Crippen LogP) is -0.274. The number of nitrogens with zero attached hydrogens (tertiary/aromatic N) is 3. The zero-order valence-electron chi connectivity index (χ0n) is 5.90. The number of rotatable bonds is 0. The zero-order chi connectivity index (χ0) is 7.84. The van der Waals surface area contributed by atoms with Gasteiger partial charge in [-0.25, -0.2) is 19.4 Å². The van der Waals surface area contributed by atoms with Gasteiger partial charge in [-0.1, -0.05) is 0 Å². The van der Waals surface area contributed by atoms with Crippen LogP contribution in [0.2, 0.25) is 0 Å². The van der Waals surface area contributed by atoms with Crippen LogP contribution in [-0.4, -0.2) is 19.6 Å². The van der Waals surface area contributed by atoms with Crippen LogP contribution in [0.15, 0.2) is 17.2 Å². The minimum absolute atomic E-state index is 0.372. The van der Waals surface area contributed by atoms with Gasteiger partial charge in [0.2, 0.25) is 0 Å². The summed E-state index contributed by atoms with van der Waals surface area (Å²) in [6, 6.07) is 0. The molecule has 2 rings (SSSR count). The van der Waals surface area contributed by atoms with Crippen LogP contribution in [0.4, 0.5) is 0 Å². The Morgan fingerprint density at radius 2 is 2.45 bits per heavy atom. The van der Waals surface area contributed by atoms with Crippen LogP contribution in [0.1, 0.15) is 5.56 Å². The van der Waals surface area contributed by atoms with E-state index < -0.39 is 0 Å². The average molecular weight is 150 g/mol. The standard InChI is InChI=1S/C6H6N4O/c1-4-2-7-5-8-6(11)9-10(5)3-4/h2-3H,1H3,(H,9,11). The highest BCUT2D eigenvalue weighted by Gasteiger charge is 1.96. The lowest BCUT2D eigenvalue weighted by Crippen LogP contribution is -2.01. The zero-order valence-corrected chi connectivity index (χ0v) is 5.90. The molecule has 1 N–H and O–H groups in total. The van der Waals surface area contributed by atoms with Gasteiger partial charge in [0.1, 0.15) is 0 Å². The maximum Gasteiger partial charge on any atom is 0.363 e. The van der Waals surface area contributed by atoms with E-state index in [1.165, 1.54) is 4.52 Å². The van der Waals surface area contributed by atoms with Gasteiger partial charge in [-0.2, -0.15) is 4.98 Å². The molecule has 0 bridgehead atoms. The van der Waals surface area contributed by atoms with Crippen molar-refractivity contribution in [2.24, 2.45) is 0 Å². The SMILES string of the molecule is Cc1cnc2nc(=O)[nH]n2c1. The molecule has 2 heterocycles. The van der Waals surface area contributed by atoms with Crippen molar-refractivity contribution in [1.29, 1.82) is 0 Å². The Labute approximate surface area is 61.7 Å². The molecule has 0 spiro atoms. The fourth-order valence-corrected chi connectivity index (χ4v) is 0.900. The van der Waals surface area contributed by atoms with E-state index in [0.717, 1.165) is 5.56 Å². The molecule has 11 heavy (non-hydrogen) atoms. The molecular weight excluding hydrogens is 144 g/mol. The summed E-state index contributed by atoms with van der Waals surface area (Å²) in [6.07, 6.45) is 3.42. The van der Waals surface area contributed by atoms with Crippen LogP contribution in [0, 0.1) is 6.92 Å². The van der Waals surface area contributed by atoms with Gasteiger partial charge in [0.15, 0.2) is 0 Å². The molecule has 5 heteroatoms. The van der Waals surface area contributed by atoms with E-state index in [2.05, 4.69) is 15.1 Å². The molecule has 5 nitrogen and oxygen atoms in total. The third-order valence-electron chi connectivity index (χ3n) is 1.35. The summed E-state index contributed by atoms with van der Waals surface area (Å²) in [7, 11) is 0. The van der Waals surface area contributed by atoms with Crippen LogP contribution in [0.5, 0.6) is 0 Å². The van der Waals surface area contributed by atoms with Crippen molar-refractivity contribution in [2.45, 2.75) is 6.92 Å². The molecule has 0 aliphatic rings. The van der Waals surface area contributed by atoms with E-state index in [-0.39, 0.29) is 5.69 Å². The first-order valence-corrected chi connectivity index (χ1v) is 3.17. The summed E-state index contributed by atoms with van der Waals surface area (Å²) in [4.78, 5) is 18.2. The Bertz CT molecular complexity index is 441. The predicted molar refractivity (Wildman–Crippen MR) is 38.3 cm³/mol. The minimum Gasteiger partial charge on any atom is -0.244 e. The topological polar surface area (TPSA) is 63.0 Å². The van der Waals surface area contributed by atoms with Crippen LogP contribution in [-0.2, 0) is 0 Å². The van der Waals surface area contributed by atoms with Gasteiger partial charge in [-0.15, -0.1) is 0 Å². The fraction of sp³-hybridized carbons (Fsp3) is 0.167. The van der Waals surface area contributed by atoms with Gasteiger partial charge in [-0.05, 0) is 12.5 Å². The molecule has 0 aliphatic carbocycles. The van der Waals surface area contributed by atoms with Crippen LogP contribution in [0.3, 0.4) is 0 Å². The average Bonchev–Trinajstić information content (AvgIpc) is 2.27. The third kappa shape index (κ3) is 0.899. The Morgan fingerprint density at radius 1 is 1.64 bits per heavy atom. The van der Waals surface area contributed by atoms with Gasteiger partial charge >= 0.3 is 5.69 Å². The number of hydrogen-bond acceptors (Lipinski definition) is 3. The largest absolute Gasteiger partial charge is 0.363 e. The molecule has 2 aromatic heterocycles. The maximum absolute atomic E-state index is 10.7. The number of aromatic amines is 1. The molecule has 0 unspecified atom stereocenters. The highest BCUT2D eigenvalue weighted by Crippen LogP contribution is 1.93. The van der Waals surface area contributed by atoms with Crippen molar-refractivity contribution in [3.05, 3.63) is 28.4 Å². The molecular formula is C6H6N4O. The van der Waals surface area contributed by atoms with E-state index in [1.807, 2.05) is 6.92 Å². The van der Waals surface area contributed by atoms with Crippen molar-refractivity contribution in [3.8, 4) is 0 Å². The molecule has 0 amide bonds. The van der Waals surface area contributed by atoms with E-state index >= 15 is 0 Å². The lowest BCUT2D eigenvalue weighted by molar-refractivity contribution is 0.909. The summed E-state index contributed by atoms with van der Waals surface area (Å²) in [5.74, 6) is 0.403. The van der Waals surface area contributed by atoms with Gasteiger partial charge in [0, 0.05) is 12.4 Å². The lowest BCUT2D eigenvalue weighted by Gasteiger charge is -1.91. The summed E-state index contributed by atoms with van der Waals surface area (Å²) in [5.41, 5.74) is 0.606. The first-order valence-electron chi connectivity index (χ1n) is 3.17. The van der Waals surface area contributed by atoms with Gasteiger partial charge in [0.25, 0.3) is 5.78 Å². The summed E-state index contributed by atoms with van der Waals surface area (Å²) in [5, 5.41) is 2.49. The minimum atomic E-state index is -0.372. The number of fused-ring (bicyclic) bond motifs is 1. The molecule has 0 aliphatic heterocycles. The molecule has 56 valence electrons. The van der Waals surface area contributed by atoms with Crippen molar-refractivity contribution in [2.75, 3.05) is 0 Å². The summed E-state index contributed by atoms with van der Waals surface area (Å²) < 4.78 is 1.50. The fourth-order valence-electron chi connectivity index (χ4n) is 0.900. The van der Waals surface area contributed by atoms with Crippen LogP contribution in [0.25, 0.3) is 5.78 Å². The van der Waals surface area contributed by atoms with E-state index in [4.69, 9.17) is 0 Å². The molecule has 0 atom stereocenters. The molecule has 0 fully saturated rings. The van der Waals surface area contributed by atoms with E-state index in [1.54, 1.807) is 12.4 Å². The van der Waals surface area contributed by atoms with Crippen LogP contribution < -0.4 is 5.69 Å². The third-order valence-corrected chi connectivity index (χ3v) is 1.35. The molecule has 0 radical (unpaired) electrons. The Morgan fingerprint density at radius 3 is 3.27 bits per heavy atom. The second-order valence-corrected chi connectivity index (χ2v) is 2.33. The second-order valence-electron chi connectivity index (χ2n) is 2.33. The summed E-state index contributed by atoms with van der Waals surface area (Å²) in [6.45, 7) is 1.89. The smallest absolute Gasteiger partial charge is 0.244 e. The van der Waals surface area contributed by atoms with Gasteiger partial charge in [-0.3, -0.25) is 0 Å². The lowest BCUT2D eigenvalue weighted by atomic mass is 10.4. The molecule has 0 aromatic carbocycles. The Hall–Kier alpha value is -1.65. The van der Waals surface area contributed by atoms with Crippen molar-refractivity contribution in [1.82, 2.24) is 19.6 Å². The Kier molecular flexibility index (Phi) is 1.06. The Balaban J connectivity index is 2.92. The molecule has 0 saturated heterocycles. The number of nitrogens with one attached hydrogen (secondary N) is 1. The second kappa shape index (κ2) is 1.91. The quantitative estimate of drug-likeness (QED) is 0.562. The highest BCUT2D eigenvalue weighted by atomic mass is 16.1. The van der Waals surface area contributed by atoms with Gasteiger partial charge < -0.3 is 0 Å². The first kappa shape index (κ1) is 6.09.